The summed E-state index contributed by atoms with van der Waals surface area (Å²) in [6, 6.07) is 0. The average molecular weight is 273 g/mol. The van der Waals surface area contributed by atoms with E-state index in [-0.39, 0.29) is 28.3 Å². The Morgan fingerprint density at radius 1 is 1.10 bits per heavy atom. The Kier molecular flexibility index (Phi) is 2.76. The smallest absolute Gasteiger partial charge is 0.161 e. The van der Waals surface area contributed by atoms with Gasteiger partial charge in [0.2, 0.25) is 0 Å². The van der Waals surface area contributed by atoms with E-state index < -0.39 is 0 Å². The van der Waals surface area contributed by atoms with Crippen LogP contribution in [0.15, 0.2) is 23.0 Å². The standard InChI is InChI=1S/C17H23NO2/c1-16(2)6-12-10(14(19)8-16)5-11-13(18-12)7-17(3,4)9-15(11)20/h6,10,18H,5,7-9H2,1-4H3. The molecule has 3 heteroatoms. The molecule has 3 nitrogen and oxygen atoms in total. The third kappa shape index (κ3) is 2.23. The molecule has 2 aliphatic carbocycles. The Labute approximate surface area is 120 Å². The molecular weight excluding hydrogens is 250 g/mol. The number of carbonyl (C=O) groups excluding carboxylic acids is 2. The first-order valence-electron chi connectivity index (χ1n) is 7.45. The number of fused-ring (bicyclic) bond motifs is 1. The minimum atomic E-state index is -0.119. The Morgan fingerprint density at radius 3 is 2.50 bits per heavy atom. The molecule has 0 fully saturated rings. The highest BCUT2D eigenvalue weighted by Gasteiger charge is 2.42. The molecule has 0 aromatic carbocycles. The van der Waals surface area contributed by atoms with Gasteiger partial charge in [0.05, 0.1) is 5.92 Å². The second kappa shape index (κ2) is 4.06. The van der Waals surface area contributed by atoms with Gasteiger partial charge >= 0.3 is 0 Å². The van der Waals surface area contributed by atoms with Gasteiger partial charge < -0.3 is 5.32 Å². The van der Waals surface area contributed by atoms with Crippen molar-refractivity contribution in [1.29, 1.82) is 0 Å². The zero-order valence-electron chi connectivity index (χ0n) is 12.8. The fourth-order valence-electron chi connectivity index (χ4n) is 3.76. The number of hydrogen-bond acceptors (Lipinski definition) is 3. The SMILES string of the molecule is CC1(C)C=C2NC3=C(CC2C(=O)C1)C(=O)CC(C)(C)C3. The van der Waals surface area contributed by atoms with Crippen molar-refractivity contribution in [2.24, 2.45) is 16.7 Å². The molecule has 1 N–H and O–H groups in total. The second-order valence-corrected chi connectivity index (χ2v) is 8.01. The first kappa shape index (κ1) is 13.6. The lowest BCUT2D eigenvalue weighted by Crippen LogP contribution is -2.42. The van der Waals surface area contributed by atoms with Gasteiger partial charge in [0.15, 0.2) is 5.78 Å². The van der Waals surface area contributed by atoms with Crippen molar-refractivity contribution in [3.05, 3.63) is 23.0 Å². The molecule has 0 radical (unpaired) electrons. The molecule has 0 aromatic heterocycles. The highest BCUT2D eigenvalue weighted by atomic mass is 16.1. The quantitative estimate of drug-likeness (QED) is 0.737. The van der Waals surface area contributed by atoms with Gasteiger partial charge in [0, 0.05) is 29.8 Å². The van der Waals surface area contributed by atoms with Crippen LogP contribution in [-0.2, 0) is 9.59 Å². The molecule has 1 aliphatic heterocycles. The Morgan fingerprint density at radius 2 is 1.80 bits per heavy atom. The minimum Gasteiger partial charge on any atom is -0.362 e. The summed E-state index contributed by atoms with van der Waals surface area (Å²) in [5.41, 5.74) is 2.89. The molecule has 0 spiro atoms. The van der Waals surface area contributed by atoms with E-state index in [0.717, 1.165) is 23.4 Å². The lowest BCUT2D eigenvalue weighted by atomic mass is 9.68. The van der Waals surface area contributed by atoms with Gasteiger partial charge in [-0.3, -0.25) is 9.59 Å². The van der Waals surface area contributed by atoms with Crippen LogP contribution >= 0.6 is 0 Å². The minimum absolute atomic E-state index is 0.0184. The van der Waals surface area contributed by atoms with Crippen LogP contribution in [0, 0.1) is 16.7 Å². The molecule has 0 saturated carbocycles. The van der Waals surface area contributed by atoms with Gasteiger partial charge in [-0.2, -0.15) is 0 Å². The van der Waals surface area contributed by atoms with Crippen LogP contribution in [0.25, 0.3) is 0 Å². The molecule has 1 unspecified atom stereocenters. The summed E-state index contributed by atoms with van der Waals surface area (Å²) in [4.78, 5) is 24.7. The summed E-state index contributed by atoms with van der Waals surface area (Å²) in [7, 11) is 0. The van der Waals surface area contributed by atoms with Crippen LogP contribution < -0.4 is 5.32 Å². The normalized spacial score (nSPS) is 31.2. The topological polar surface area (TPSA) is 46.2 Å². The largest absolute Gasteiger partial charge is 0.362 e. The lowest BCUT2D eigenvalue weighted by molar-refractivity contribution is -0.124. The first-order chi connectivity index (χ1) is 9.17. The van der Waals surface area contributed by atoms with E-state index >= 15 is 0 Å². The number of allylic oxidation sites excluding steroid dienone is 4. The molecule has 1 heterocycles. The molecule has 0 amide bonds. The van der Waals surface area contributed by atoms with Crippen LogP contribution in [0.2, 0.25) is 0 Å². The monoisotopic (exact) mass is 273 g/mol. The van der Waals surface area contributed by atoms with Crippen molar-refractivity contribution in [3.63, 3.8) is 0 Å². The van der Waals surface area contributed by atoms with Crippen molar-refractivity contribution in [2.75, 3.05) is 0 Å². The number of Topliss-reactive ketones (excluding diaryl/α,β-unsaturated/α-hetero) is 2. The Hall–Kier alpha value is -1.38. The third-order valence-electron chi connectivity index (χ3n) is 4.64. The number of ketones is 2. The van der Waals surface area contributed by atoms with Crippen molar-refractivity contribution in [1.82, 2.24) is 5.32 Å². The predicted molar refractivity (Wildman–Crippen MR) is 77.8 cm³/mol. The van der Waals surface area contributed by atoms with E-state index in [9.17, 15) is 9.59 Å². The van der Waals surface area contributed by atoms with Crippen LogP contribution in [-0.4, -0.2) is 11.6 Å². The van der Waals surface area contributed by atoms with E-state index in [4.69, 9.17) is 0 Å². The highest BCUT2D eigenvalue weighted by Crippen LogP contribution is 2.44. The number of rotatable bonds is 0. The predicted octanol–water partition coefficient (Wildman–Crippen LogP) is 3.12. The van der Waals surface area contributed by atoms with Gasteiger partial charge in [-0.25, -0.2) is 0 Å². The van der Waals surface area contributed by atoms with E-state index in [1.165, 1.54) is 0 Å². The molecule has 20 heavy (non-hydrogen) atoms. The van der Waals surface area contributed by atoms with Gasteiger partial charge in [-0.1, -0.05) is 33.8 Å². The maximum Gasteiger partial charge on any atom is 0.161 e. The van der Waals surface area contributed by atoms with E-state index in [0.29, 0.717) is 19.3 Å². The van der Waals surface area contributed by atoms with Gasteiger partial charge in [-0.15, -0.1) is 0 Å². The number of nitrogens with one attached hydrogen (secondary N) is 1. The molecule has 108 valence electrons. The fourth-order valence-corrected chi connectivity index (χ4v) is 3.76. The average Bonchev–Trinajstić information content (AvgIpc) is 2.23. The van der Waals surface area contributed by atoms with Gasteiger partial charge in [-0.05, 0) is 23.7 Å². The molecular formula is C17H23NO2. The molecule has 1 atom stereocenters. The fraction of sp³-hybridized carbons (Fsp3) is 0.647. The highest BCUT2D eigenvalue weighted by molar-refractivity contribution is 5.99. The molecule has 0 aromatic rings. The number of carbonyl (C=O) groups is 2. The van der Waals surface area contributed by atoms with Crippen molar-refractivity contribution in [2.45, 2.75) is 53.4 Å². The second-order valence-electron chi connectivity index (χ2n) is 8.01. The summed E-state index contributed by atoms with van der Waals surface area (Å²) < 4.78 is 0. The maximum atomic E-state index is 12.3. The Balaban J connectivity index is 2.00. The summed E-state index contributed by atoms with van der Waals surface area (Å²) in [6.07, 6.45) is 4.86. The third-order valence-corrected chi connectivity index (χ3v) is 4.64. The van der Waals surface area contributed by atoms with Gasteiger partial charge in [0.25, 0.3) is 0 Å². The first-order valence-corrected chi connectivity index (χ1v) is 7.45. The summed E-state index contributed by atoms with van der Waals surface area (Å²) in [5.74, 6) is 0.372. The van der Waals surface area contributed by atoms with Crippen LogP contribution in [0.3, 0.4) is 0 Å². The molecule has 0 bridgehead atoms. The summed E-state index contributed by atoms with van der Waals surface area (Å²) >= 11 is 0. The lowest BCUT2D eigenvalue weighted by Gasteiger charge is -2.41. The number of hydrogen-bond donors (Lipinski definition) is 1. The molecule has 0 saturated heterocycles. The van der Waals surface area contributed by atoms with Crippen LogP contribution in [0.1, 0.15) is 53.4 Å². The van der Waals surface area contributed by atoms with Crippen molar-refractivity contribution >= 4 is 11.6 Å². The van der Waals surface area contributed by atoms with Crippen molar-refractivity contribution in [3.8, 4) is 0 Å². The summed E-state index contributed by atoms with van der Waals surface area (Å²) in [5, 5.41) is 3.43. The molecule has 3 rings (SSSR count). The Bertz CT molecular complexity index is 564. The van der Waals surface area contributed by atoms with Crippen LogP contribution in [0.5, 0.6) is 0 Å². The van der Waals surface area contributed by atoms with E-state index in [2.05, 4.69) is 39.1 Å². The van der Waals surface area contributed by atoms with E-state index in [1.54, 1.807) is 0 Å². The zero-order valence-corrected chi connectivity index (χ0v) is 12.8. The van der Waals surface area contributed by atoms with Crippen molar-refractivity contribution < 1.29 is 9.59 Å². The molecule has 3 aliphatic rings. The van der Waals surface area contributed by atoms with E-state index in [1.807, 2.05) is 0 Å². The zero-order chi connectivity index (χ0) is 14.7. The van der Waals surface area contributed by atoms with Crippen LogP contribution in [0.4, 0.5) is 0 Å². The summed E-state index contributed by atoms with van der Waals surface area (Å²) in [6.45, 7) is 8.45. The maximum absolute atomic E-state index is 12.3. The van der Waals surface area contributed by atoms with Gasteiger partial charge in [0.1, 0.15) is 5.78 Å².